The van der Waals surface area contributed by atoms with Gasteiger partial charge in [-0.2, -0.15) is 0 Å². The van der Waals surface area contributed by atoms with Crippen LogP contribution in [0.15, 0.2) is 0 Å². The summed E-state index contributed by atoms with van der Waals surface area (Å²) in [6.07, 6.45) is 0. The van der Waals surface area contributed by atoms with Gasteiger partial charge < -0.3 is 0 Å². The average molecular weight is 451 g/mol. The van der Waals surface area contributed by atoms with E-state index in [0.717, 1.165) is 0 Å². The Balaban J connectivity index is 0. The summed E-state index contributed by atoms with van der Waals surface area (Å²) < 4.78 is 0. The molecule has 0 aliphatic heterocycles. The van der Waals surface area contributed by atoms with E-state index in [4.69, 9.17) is 0 Å². The number of rotatable bonds is 0. The Bertz CT molecular complexity index is 8.00. The van der Waals surface area contributed by atoms with Gasteiger partial charge in [0.15, 0.2) is 0 Å². The van der Waals surface area contributed by atoms with Crippen LogP contribution in [-0.4, -0.2) is 18.0 Å². The van der Waals surface area contributed by atoms with Crippen molar-refractivity contribution >= 4 is 18.0 Å². The summed E-state index contributed by atoms with van der Waals surface area (Å²) in [6.45, 7) is 0. The van der Waals surface area contributed by atoms with E-state index in [1.165, 1.54) is 0 Å². The van der Waals surface area contributed by atoms with Crippen LogP contribution in [0.4, 0.5) is 0 Å². The van der Waals surface area contributed by atoms with Crippen molar-refractivity contribution < 1.29 is 72.0 Å². The fourth-order valence-electron chi connectivity index (χ4n) is 0. The quantitative estimate of drug-likeness (QED) is 0.441. The molecule has 0 unspecified atom stereocenters. The second kappa shape index (κ2) is 16.8. The Labute approximate surface area is 88.3 Å². The van der Waals surface area contributed by atoms with E-state index in [9.17, 15) is 0 Å². The summed E-state index contributed by atoms with van der Waals surface area (Å²) in [5.74, 6) is 0. The van der Waals surface area contributed by atoms with Crippen molar-refractivity contribution in [2.75, 3.05) is 0 Å². The third kappa shape index (κ3) is 8.87. The Morgan fingerprint density at radius 1 is 1.00 bits per heavy atom. The van der Waals surface area contributed by atoms with Crippen molar-refractivity contribution in [3.05, 3.63) is 0 Å². The van der Waals surface area contributed by atoms with Crippen molar-refractivity contribution in [3.63, 3.8) is 0 Å². The normalized spacial score (nSPS) is 0. The fraction of sp³-hybridized carbons (Fsp3) is 0. The van der Waals surface area contributed by atoms with Gasteiger partial charge in [0.05, 0.1) is 0 Å². The zero-order chi connectivity index (χ0) is 0. The summed E-state index contributed by atoms with van der Waals surface area (Å²) in [4.78, 5) is 0. The van der Waals surface area contributed by atoms with E-state index in [-0.39, 0.29) is 90.0 Å². The molecule has 0 aromatic rings. The van der Waals surface area contributed by atoms with Gasteiger partial charge in [0.1, 0.15) is 0 Å². The van der Waals surface area contributed by atoms with E-state index in [0.29, 0.717) is 0 Å². The first-order chi connectivity index (χ1) is 0. The maximum atomic E-state index is 0. The minimum Gasteiger partial charge on any atom is 0 e. The standard InChI is InChI=1S/As.Cd.Cu.Hg. The number of hydrogen-bond donors (Lipinski definition) is 0. The van der Waals surface area contributed by atoms with E-state index < -0.39 is 0 Å². The van der Waals surface area contributed by atoms with Gasteiger partial charge in [0.25, 0.3) is 0 Å². The molecule has 4 heavy (non-hydrogen) atoms. The van der Waals surface area contributed by atoms with E-state index in [1.54, 1.807) is 0 Å². The average Bonchev–Trinajstić information content (AvgIpc) is 0. The van der Waals surface area contributed by atoms with Crippen LogP contribution >= 0.6 is 0 Å². The monoisotopic (exact) mass is 454 g/mol. The maximum Gasteiger partial charge on any atom is 0 e. The zero-order valence-electron chi connectivity index (χ0n) is 2.16. The van der Waals surface area contributed by atoms with E-state index in [1.807, 2.05) is 0 Å². The molecule has 4 radical (unpaired) electrons. The second-order valence-electron chi connectivity index (χ2n) is 0. The van der Waals surface area contributed by atoms with Gasteiger partial charge in [0, 0.05) is 90.0 Å². The van der Waals surface area contributed by atoms with Gasteiger partial charge in [0.2, 0.25) is 0 Å². The van der Waals surface area contributed by atoms with Crippen LogP contribution in [0.3, 0.4) is 0 Å². The van der Waals surface area contributed by atoms with Crippen molar-refractivity contribution in [2.24, 2.45) is 0 Å². The third-order valence-electron chi connectivity index (χ3n) is 0. The molecule has 0 N–H and O–H groups in total. The molecule has 0 fully saturated rings. The van der Waals surface area contributed by atoms with Crippen molar-refractivity contribution in [1.29, 1.82) is 0 Å². The maximum absolute atomic E-state index is 0. The van der Waals surface area contributed by atoms with Crippen molar-refractivity contribution in [2.45, 2.75) is 0 Å². The molecular formula is AsCdCuHg. The molecule has 0 heterocycles. The molecule has 0 atom stereocenters. The summed E-state index contributed by atoms with van der Waals surface area (Å²) in [7, 11) is 0. The molecule has 0 spiro atoms. The van der Waals surface area contributed by atoms with E-state index in [2.05, 4.69) is 0 Å². The molecule has 0 aromatic carbocycles. The number of hydrogen-bond acceptors (Lipinski definition) is 0. The summed E-state index contributed by atoms with van der Waals surface area (Å²) in [5, 5.41) is 0. The SMILES string of the molecule is [As].[Cd].[Cu].[Hg]. The topological polar surface area (TPSA) is 0 Å². The van der Waals surface area contributed by atoms with Crippen LogP contribution in [0.5, 0.6) is 0 Å². The van der Waals surface area contributed by atoms with Crippen LogP contribution in [0.25, 0.3) is 0 Å². The predicted octanol–water partition coefficient (Wildman–Crippen LogP) is -0.388. The second-order valence-corrected chi connectivity index (χ2v) is 0. The van der Waals surface area contributed by atoms with Crippen LogP contribution < -0.4 is 0 Å². The fourth-order valence-corrected chi connectivity index (χ4v) is 0. The molecule has 4 heteroatoms. The van der Waals surface area contributed by atoms with Crippen molar-refractivity contribution in [1.82, 2.24) is 0 Å². The van der Waals surface area contributed by atoms with Crippen LogP contribution in [-0.2, 0) is 72.0 Å². The van der Waals surface area contributed by atoms with Gasteiger partial charge >= 0.3 is 0 Å². The van der Waals surface area contributed by atoms with Gasteiger partial charge in [-0.1, -0.05) is 0 Å². The van der Waals surface area contributed by atoms with Gasteiger partial charge in [-0.05, 0) is 0 Å². The zero-order valence-corrected chi connectivity index (χ0v) is 14.5. The smallest absolute Gasteiger partial charge is 0 e. The molecule has 0 bridgehead atoms. The molecule has 0 aliphatic rings. The molecule has 0 aliphatic carbocycles. The van der Waals surface area contributed by atoms with Crippen LogP contribution in [0, 0.1) is 0 Å². The Kier molecular flexibility index (Phi) is 119. The predicted molar refractivity (Wildman–Crippen MR) is 5.75 cm³/mol. The molecule has 0 rings (SSSR count). The third-order valence-corrected chi connectivity index (χ3v) is 0. The summed E-state index contributed by atoms with van der Waals surface area (Å²) in [5.41, 5.74) is 0. The van der Waals surface area contributed by atoms with Crippen molar-refractivity contribution in [3.8, 4) is 0 Å². The Morgan fingerprint density at radius 2 is 1.00 bits per heavy atom. The summed E-state index contributed by atoms with van der Waals surface area (Å²) >= 11 is 0. The molecule has 20 valence electrons. The van der Waals surface area contributed by atoms with Crippen LogP contribution in [0.1, 0.15) is 0 Å². The molecule has 0 amide bonds. The minimum absolute atomic E-state index is 0. The van der Waals surface area contributed by atoms with Gasteiger partial charge in [-0.25, -0.2) is 0 Å². The Hall–Kier alpha value is 2.94. The summed E-state index contributed by atoms with van der Waals surface area (Å²) in [6, 6.07) is 0. The van der Waals surface area contributed by atoms with E-state index >= 15 is 0 Å². The minimum atomic E-state index is 0. The van der Waals surface area contributed by atoms with Crippen LogP contribution in [0.2, 0.25) is 0 Å². The van der Waals surface area contributed by atoms with Gasteiger partial charge in [-0.15, -0.1) is 0 Å². The first-order valence-electron chi connectivity index (χ1n) is 0. The molecule has 0 aromatic heterocycles. The Morgan fingerprint density at radius 3 is 1.00 bits per heavy atom. The molecule has 0 saturated heterocycles. The first kappa shape index (κ1) is 28.4. The molecule has 0 nitrogen and oxygen atoms in total. The molecule has 0 saturated carbocycles. The largest absolute Gasteiger partial charge is 0 e. The first-order valence-corrected chi connectivity index (χ1v) is 0. The van der Waals surface area contributed by atoms with Gasteiger partial charge in [-0.3, -0.25) is 0 Å². The molecular weight excluding hydrogens is 451 g/mol.